The number of nitrogens with one attached hydrogen (secondary N) is 2. The lowest BCUT2D eigenvalue weighted by Crippen LogP contribution is -2.44. The lowest BCUT2D eigenvalue weighted by molar-refractivity contribution is -0.137. The summed E-state index contributed by atoms with van der Waals surface area (Å²) < 4.78 is 52.9. The fourth-order valence-electron chi connectivity index (χ4n) is 3.35. The van der Waals surface area contributed by atoms with Gasteiger partial charge in [0.05, 0.1) is 16.3 Å². The van der Waals surface area contributed by atoms with Crippen LogP contribution in [0.4, 0.5) is 28.0 Å². The predicted molar refractivity (Wildman–Crippen MR) is 104 cm³/mol. The van der Waals surface area contributed by atoms with Gasteiger partial charge in [0.15, 0.2) is 0 Å². The van der Waals surface area contributed by atoms with Gasteiger partial charge in [-0.3, -0.25) is 14.5 Å². The van der Waals surface area contributed by atoms with Gasteiger partial charge in [-0.2, -0.15) is 13.2 Å². The number of amides is 4. The number of urea groups is 1. The Morgan fingerprint density at radius 2 is 1.81 bits per heavy atom. The van der Waals surface area contributed by atoms with Crippen LogP contribution < -0.4 is 10.6 Å². The van der Waals surface area contributed by atoms with Gasteiger partial charge in [0, 0.05) is 0 Å². The molecule has 0 spiro atoms. The van der Waals surface area contributed by atoms with Crippen LogP contribution in [0.1, 0.15) is 24.5 Å². The molecule has 2 aromatic rings. The van der Waals surface area contributed by atoms with Crippen molar-refractivity contribution in [2.75, 3.05) is 11.9 Å². The zero-order chi connectivity index (χ0) is 23.0. The average Bonchev–Trinajstić information content (AvgIpc) is 2.94. The van der Waals surface area contributed by atoms with Crippen LogP contribution in [0, 0.1) is 5.82 Å². The molecule has 1 aliphatic rings. The molecule has 31 heavy (non-hydrogen) atoms. The highest BCUT2D eigenvalue weighted by Gasteiger charge is 2.51. The first kappa shape index (κ1) is 22.5. The minimum atomic E-state index is -4.78. The van der Waals surface area contributed by atoms with Crippen LogP contribution in [-0.4, -0.2) is 29.3 Å². The molecule has 3 rings (SSSR count). The van der Waals surface area contributed by atoms with Gasteiger partial charge in [0.1, 0.15) is 17.9 Å². The monoisotopic (exact) mass is 457 g/mol. The molecule has 0 aromatic heterocycles. The number of benzene rings is 2. The van der Waals surface area contributed by atoms with Gasteiger partial charge in [-0.25, -0.2) is 9.18 Å². The number of hydrogen-bond acceptors (Lipinski definition) is 3. The van der Waals surface area contributed by atoms with Crippen molar-refractivity contribution in [1.82, 2.24) is 10.2 Å². The molecule has 0 radical (unpaired) electrons. The van der Waals surface area contributed by atoms with Crippen LogP contribution in [0.2, 0.25) is 5.02 Å². The number of carbonyl (C=O) groups excluding carboxylic acids is 3. The molecule has 6 nitrogen and oxygen atoms in total. The fraction of sp³-hybridized carbons (Fsp3) is 0.250. The predicted octanol–water partition coefficient (Wildman–Crippen LogP) is 4.29. The maximum Gasteiger partial charge on any atom is 0.418 e. The van der Waals surface area contributed by atoms with Crippen LogP contribution in [0.3, 0.4) is 0 Å². The minimum Gasteiger partial charge on any atom is -0.323 e. The summed E-state index contributed by atoms with van der Waals surface area (Å²) in [5.74, 6) is -2.37. The van der Waals surface area contributed by atoms with E-state index in [1.165, 1.54) is 12.1 Å². The summed E-state index contributed by atoms with van der Waals surface area (Å²) in [5, 5.41) is 4.18. The van der Waals surface area contributed by atoms with E-state index in [0.29, 0.717) is 10.5 Å². The molecular formula is C20H16ClF4N3O3. The Hall–Kier alpha value is -3.14. The zero-order valence-corrected chi connectivity index (χ0v) is 16.8. The Morgan fingerprint density at radius 3 is 2.39 bits per heavy atom. The maximum absolute atomic E-state index is 13.3. The molecule has 1 saturated heterocycles. The van der Waals surface area contributed by atoms with Crippen molar-refractivity contribution in [2.24, 2.45) is 0 Å². The highest BCUT2D eigenvalue weighted by molar-refractivity contribution is 6.34. The summed E-state index contributed by atoms with van der Waals surface area (Å²) in [7, 11) is 0. The van der Waals surface area contributed by atoms with E-state index in [4.69, 9.17) is 11.6 Å². The molecule has 1 unspecified atom stereocenters. The van der Waals surface area contributed by atoms with Gasteiger partial charge in [0.25, 0.3) is 5.91 Å². The molecule has 11 heteroatoms. The van der Waals surface area contributed by atoms with Gasteiger partial charge in [-0.05, 0) is 36.2 Å². The second-order valence-electron chi connectivity index (χ2n) is 6.80. The molecule has 2 aromatic carbocycles. The number of alkyl halides is 3. The van der Waals surface area contributed by atoms with Crippen molar-refractivity contribution in [1.29, 1.82) is 0 Å². The first-order valence-corrected chi connectivity index (χ1v) is 9.43. The number of imide groups is 1. The Labute approximate surface area is 179 Å². The topological polar surface area (TPSA) is 78.5 Å². The fourth-order valence-corrected chi connectivity index (χ4v) is 3.58. The van der Waals surface area contributed by atoms with Crippen LogP contribution in [0.5, 0.6) is 0 Å². The van der Waals surface area contributed by atoms with Crippen LogP contribution in [0.15, 0.2) is 42.5 Å². The standard InChI is InChI=1S/C20H16ClF4N3O3/c1-2-19(11-6-8-12(22)9-7-11)17(30)28(18(31)27-19)10-15(29)26-16-13(20(23,24)25)4-3-5-14(16)21/h3-9H,2,10H2,1H3,(H,26,29)(H,27,31). The van der Waals surface area contributed by atoms with Gasteiger partial charge in [-0.15, -0.1) is 0 Å². The molecule has 1 fully saturated rings. The number of halogens is 5. The van der Waals surface area contributed by atoms with Gasteiger partial charge in [-0.1, -0.05) is 36.7 Å². The van der Waals surface area contributed by atoms with E-state index in [1.807, 2.05) is 5.32 Å². The summed E-state index contributed by atoms with van der Waals surface area (Å²) in [5.41, 5.74) is -3.05. The summed E-state index contributed by atoms with van der Waals surface area (Å²) in [4.78, 5) is 38.4. The second kappa shape index (κ2) is 8.18. The molecule has 4 amide bonds. The SMILES string of the molecule is CCC1(c2ccc(F)cc2)NC(=O)N(CC(=O)Nc2c(Cl)cccc2C(F)(F)F)C1=O. The zero-order valence-electron chi connectivity index (χ0n) is 16.0. The summed E-state index contributed by atoms with van der Waals surface area (Å²) >= 11 is 5.81. The Kier molecular flexibility index (Phi) is 5.95. The number of nitrogens with zero attached hydrogens (tertiary/aromatic N) is 1. The van der Waals surface area contributed by atoms with Crippen LogP contribution >= 0.6 is 11.6 Å². The minimum absolute atomic E-state index is 0.101. The first-order chi connectivity index (χ1) is 14.5. The van der Waals surface area contributed by atoms with E-state index in [2.05, 4.69) is 5.32 Å². The molecule has 0 bridgehead atoms. The second-order valence-corrected chi connectivity index (χ2v) is 7.20. The largest absolute Gasteiger partial charge is 0.418 e. The van der Waals surface area contributed by atoms with Crippen molar-refractivity contribution < 1.29 is 31.9 Å². The van der Waals surface area contributed by atoms with E-state index >= 15 is 0 Å². The van der Waals surface area contributed by atoms with E-state index < -0.39 is 53.2 Å². The summed E-state index contributed by atoms with van der Waals surface area (Å²) in [6.07, 6.45) is -4.68. The van der Waals surface area contributed by atoms with Gasteiger partial charge >= 0.3 is 12.2 Å². The van der Waals surface area contributed by atoms with E-state index in [0.717, 1.165) is 30.3 Å². The first-order valence-electron chi connectivity index (χ1n) is 9.05. The molecule has 1 atom stereocenters. The lowest BCUT2D eigenvalue weighted by atomic mass is 9.87. The van der Waals surface area contributed by atoms with E-state index in [-0.39, 0.29) is 11.4 Å². The van der Waals surface area contributed by atoms with E-state index in [9.17, 15) is 31.9 Å². The summed E-state index contributed by atoms with van der Waals surface area (Å²) in [6.45, 7) is 0.778. The van der Waals surface area contributed by atoms with Crippen molar-refractivity contribution in [3.63, 3.8) is 0 Å². The Balaban J connectivity index is 1.84. The molecular weight excluding hydrogens is 442 g/mol. The molecule has 2 N–H and O–H groups in total. The average molecular weight is 458 g/mol. The van der Waals surface area contributed by atoms with Crippen molar-refractivity contribution >= 4 is 35.1 Å². The third-order valence-electron chi connectivity index (χ3n) is 4.93. The van der Waals surface area contributed by atoms with Crippen molar-refractivity contribution in [2.45, 2.75) is 25.1 Å². The highest BCUT2D eigenvalue weighted by atomic mass is 35.5. The van der Waals surface area contributed by atoms with Crippen molar-refractivity contribution in [3.8, 4) is 0 Å². The number of rotatable bonds is 5. The highest BCUT2D eigenvalue weighted by Crippen LogP contribution is 2.38. The molecule has 1 heterocycles. The maximum atomic E-state index is 13.3. The molecule has 1 aliphatic heterocycles. The quantitative estimate of drug-likeness (QED) is 0.519. The van der Waals surface area contributed by atoms with Gasteiger partial charge < -0.3 is 10.6 Å². The Morgan fingerprint density at radius 1 is 1.16 bits per heavy atom. The third kappa shape index (κ3) is 4.20. The number of para-hydroxylation sites is 1. The normalized spacial score (nSPS) is 18.8. The smallest absolute Gasteiger partial charge is 0.323 e. The molecule has 0 aliphatic carbocycles. The molecule has 164 valence electrons. The van der Waals surface area contributed by atoms with Crippen molar-refractivity contribution in [3.05, 3.63) is 64.4 Å². The number of carbonyl (C=O) groups is 3. The number of hydrogen-bond donors (Lipinski definition) is 2. The van der Waals surface area contributed by atoms with Crippen LogP contribution in [0.25, 0.3) is 0 Å². The number of anilines is 1. The van der Waals surface area contributed by atoms with Crippen LogP contribution in [-0.2, 0) is 21.3 Å². The van der Waals surface area contributed by atoms with Gasteiger partial charge in [0.2, 0.25) is 5.91 Å². The third-order valence-corrected chi connectivity index (χ3v) is 5.24. The molecule has 0 saturated carbocycles. The summed E-state index contributed by atoms with van der Waals surface area (Å²) in [6, 6.07) is 7.00. The van der Waals surface area contributed by atoms with E-state index in [1.54, 1.807) is 6.92 Å². The Bertz CT molecular complexity index is 1040. The lowest BCUT2D eigenvalue weighted by Gasteiger charge is -2.25.